The van der Waals surface area contributed by atoms with Gasteiger partial charge in [-0.3, -0.25) is 4.79 Å². The van der Waals surface area contributed by atoms with E-state index in [0.29, 0.717) is 17.9 Å². The number of hydrogen-bond acceptors (Lipinski definition) is 4. The van der Waals surface area contributed by atoms with Crippen molar-refractivity contribution in [2.75, 3.05) is 7.05 Å². The van der Waals surface area contributed by atoms with Gasteiger partial charge in [0, 0.05) is 30.4 Å². The van der Waals surface area contributed by atoms with Crippen LogP contribution in [0.4, 0.5) is 0 Å². The molecule has 0 saturated carbocycles. The van der Waals surface area contributed by atoms with E-state index >= 15 is 0 Å². The minimum atomic E-state index is 0.124. The quantitative estimate of drug-likeness (QED) is 0.747. The Balaban J connectivity index is 1.76. The number of rotatable bonds is 2. The maximum absolute atomic E-state index is 12.4. The fourth-order valence-corrected chi connectivity index (χ4v) is 3.44. The van der Waals surface area contributed by atoms with Gasteiger partial charge >= 0.3 is 0 Å². The number of Topliss-reactive ketones (excluding diaryl/α,β-unsaturated/α-hetero) is 1. The molecule has 0 aliphatic carbocycles. The van der Waals surface area contributed by atoms with E-state index in [4.69, 9.17) is 0 Å². The highest BCUT2D eigenvalue weighted by Gasteiger charge is 2.39. The van der Waals surface area contributed by atoms with E-state index in [-0.39, 0.29) is 11.7 Å². The largest absolute Gasteiger partial charge is 0.300 e. The second-order valence-electron chi connectivity index (χ2n) is 5.51. The summed E-state index contributed by atoms with van der Waals surface area (Å²) in [6, 6.07) is 2.91. The lowest BCUT2D eigenvalue weighted by Crippen LogP contribution is -2.51. The molecule has 4 nitrogen and oxygen atoms in total. The zero-order chi connectivity index (χ0) is 12.5. The van der Waals surface area contributed by atoms with E-state index in [2.05, 4.69) is 21.9 Å². The lowest BCUT2D eigenvalue weighted by molar-refractivity contribution is 0.0334. The topological polar surface area (TPSA) is 46.1 Å². The average molecular weight is 245 g/mol. The summed E-state index contributed by atoms with van der Waals surface area (Å²) in [4.78, 5) is 23.1. The third-order valence-electron chi connectivity index (χ3n) is 4.50. The maximum Gasteiger partial charge on any atom is 0.203 e. The highest BCUT2D eigenvalue weighted by Crippen LogP contribution is 2.36. The summed E-state index contributed by atoms with van der Waals surface area (Å²) in [5.74, 6) is 0.657. The third kappa shape index (κ3) is 2.05. The summed E-state index contributed by atoms with van der Waals surface area (Å²) in [6.07, 6.45) is 9.02. The van der Waals surface area contributed by atoms with Gasteiger partial charge in [0.05, 0.1) is 0 Å². The van der Waals surface area contributed by atoms with E-state index in [1.165, 1.54) is 19.3 Å². The maximum atomic E-state index is 12.4. The van der Waals surface area contributed by atoms with Crippen molar-refractivity contribution >= 4 is 5.78 Å². The molecule has 2 saturated heterocycles. The van der Waals surface area contributed by atoms with Gasteiger partial charge in [-0.1, -0.05) is 6.42 Å². The molecule has 0 amide bonds. The van der Waals surface area contributed by atoms with Crippen molar-refractivity contribution in [3.63, 3.8) is 0 Å². The molecule has 1 aromatic rings. The van der Waals surface area contributed by atoms with Crippen molar-refractivity contribution in [2.45, 2.75) is 44.2 Å². The summed E-state index contributed by atoms with van der Waals surface area (Å²) < 4.78 is 0. The summed E-state index contributed by atoms with van der Waals surface area (Å²) in [5, 5.41) is 0. The van der Waals surface area contributed by atoms with E-state index in [1.807, 2.05) is 0 Å². The highest BCUT2D eigenvalue weighted by atomic mass is 16.1. The van der Waals surface area contributed by atoms with Gasteiger partial charge in [-0.2, -0.15) is 0 Å². The highest BCUT2D eigenvalue weighted by molar-refractivity contribution is 5.94. The van der Waals surface area contributed by atoms with Crippen LogP contribution in [-0.4, -0.2) is 39.8 Å². The van der Waals surface area contributed by atoms with Crippen LogP contribution >= 0.6 is 0 Å². The molecule has 2 unspecified atom stereocenters. The molecule has 18 heavy (non-hydrogen) atoms. The molecule has 0 radical (unpaired) electrons. The molecule has 2 atom stereocenters. The zero-order valence-corrected chi connectivity index (χ0v) is 10.7. The van der Waals surface area contributed by atoms with Gasteiger partial charge in [0.1, 0.15) is 0 Å². The molecule has 0 N–H and O–H groups in total. The van der Waals surface area contributed by atoms with Crippen LogP contribution in [0.3, 0.4) is 0 Å². The van der Waals surface area contributed by atoms with Gasteiger partial charge in [0.15, 0.2) is 5.82 Å². The van der Waals surface area contributed by atoms with Crippen LogP contribution < -0.4 is 0 Å². The first-order valence-electron chi connectivity index (χ1n) is 6.79. The van der Waals surface area contributed by atoms with Gasteiger partial charge in [0.25, 0.3) is 0 Å². The van der Waals surface area contributed by atoms with Gasteiger partial charge in [-0.25, -0.2) is 9.97 Å². The standard InChI is InChI=1S/C14H19N3O/c1-17-11-4-2-5-12(17)9-10(8-11)13(18)14-15-6-3-7-16-14/h3,6-7,10-12H,2,4-5,8-9H2,1H3. The Bertz CT molecular complexity index is 420. The Labute approximate surface area is 107 Å². The van der Waals surface area contributed by atoms with Crippen LogP contribution in [0.15, 0.2) is 18.5 Å². The van der Waals surface area contributed by atoms with Crippen molar-refractivity contribution in [3.8, 4) is 0 Å². The Morgan fingerprint density at radius 3 is 2.44 bits per heavy atom. The van der Waals surface area contributed by atoms with Crippen molar-refractivity contribution in [1.82, 2.24) is 14.9 Å². The minimum absolute atomic E-state index is 0.124. The van der Waals surface area contributed by atoms with Gasteiger partial charge < -0.3 is 4.90 Å². The molecule has 4 heteroatoms. The molecule has 2 fully saturated rings. The van der Waals surface area contributed by atoms with Crippen molar-refractivity contribution in [1.29, 1.82) is 0 Å². The van der Waals surface area contributed by atoms with Crippen molar-refractivity contribution in [2.24, 2.45) is 5.92 Å². The van der Waals surface area contributed by atoms with Crippen LogP contribution in [0.2, 0.25) is 0 Å². The van der Waals surface area contributed by atoms with E-state index in [9.17, 15) is 4.79 Å². The number of carbonyl (C=O) groups is 1. The van der Waals surface area contributed by atoms with Gasteiger partial charge in [0.2, 0.25) is 5.78 Å². The molecule has 1 aromatic heterocycles. The first-order chi connectivity index (χ1) is 8.75. The van der Waals surface area contributed by atoms with Gasteiger partial charge in [-0.05, 0) is 38.8 Å². The molecule has 2 aliphatic rings. The summed E-state index contributed by atoms with van der Waals surface area (Å²) in [6.45, 7) is 0. The normalized spacial score (nSPS) is 32.2. The van der Waals surface area contributed by atoms with E-state index < -0.39 is 0 Å². The molecular weight excluding hydrogens is 226 g/mol. The smallest absolute Gasteiger partial charge is 0.203 e. The summed E-state index contributed by atoms with van der Waals surface area (Å²) in [7, 11) is 2.20. The molecule has 0 aromatic carbocycles. The number of hydrogen-bond donors (Lipinski definition) is 0. The van der Waals surface area contributed by atoms with Crippen LogP contribution in [0.25, 0.3) is 0 Å². The summed E-state index contributed by atoms with van der Waals surface area (Å²) in [5.41, 5.74) is 0. The molecule has 3 heterocycles. The molecule has 96 valence electrons. The summed E-state index contributed by atoms with van der Waals surface area (Å²) >= 11 is 0. The van der Waals surface area contributed by atoms with Crippen molar-refractivity contribution in [3.05, 3.63) is 24.3 Å². The average Bonchev–Trinajstić information content (AvgIpc) is 2.38. The number of aromatic nitrogens is 2. The number of fused-ring (bicyclic) bond motifs is 2. The predicted molar refractivity (Wildman–Crippen MR) is 68.3 cm³/mol. The fourth-order valence-electron chi connectivity index (χ4n) is 3.44. The first-order valence-corrected chi connectivity index (χ1v) is 6.79. The number of piperidine rings is 2. The van der Waals surface area contributed by atoms with Crippen LogP contribution in [-0.2, 0) is 0 Å². The predicted octanol–water partition coefficient (Wildman–Crippen LogP) is 1.92. The minimum Gasteiger partial charge on any atom is -0.300 e. The number of ketones is 1. The van der Waals surface area contributed by atoms with Gasteiger partial charge in [-0.15, -0.1) is 0 Å². The van der Waals surface area contributed by atoms with Crippen LogP contribution in [0.1, 0.15) is 42.7 Å². The van der Waals surface area contributed by atoms with Crippen LogP contribution in [0, 0.1) is 5.92 Å². The Kier molecular flexibility index (Phi) is 3.12. The molecule has 2 bridgehead atoms. The van der Waals surface area contributed by atoms with E-state index in [0.717, 1.165) is 12.8 Å². The first kappa shape index (κ1) is 11.8. The fraction of sp³-hybridized carbons (Fsp3) is 0.643. The molecular formula is C14H19N3O. The monoisotopic (exact) mass is 245 g/mol. The van der Waals surface area contributed by atoms with Crippen molar-refractivity contribution < 1.29 is 4.79 Å². The second kappa shape index (κ2) is 4.76. The number of carbonyl (C=O) groups excluding carboxylic acids is 1. The Hall–Kier alpha value is -1.29. The number of nitrogens with zero attached hydrogens (tertiary/aromatic N) is 3. The third-order valence-corrected chi connectivity index (χ3v) is 4.50. The molecule has 2 aliphatic heterocycles. The van der Waals surface area contributed by atoms with Crippen LogP contribution in [0.5, 0.6) is 0 Å². The molecule has 3 rings (SSSR count). The Morgan fingerprint density at radius 1 is 1.22 bits per heavy atom. The SMILES string of the molecule is CN1C2CCCC1CC(C(=O)c1ncccn1)C2. The lowest BCUT2D eigenvalue weighted by atomic mass is 9.77. The Morgan fingerprint density at radius 2 is 1.83 bits per heavy atom. The second-order valence-corrected chi connectivity index (χ2v) is 5.51. The lowest BCUT2D eigenvalue weighted by Gasteiger charge is -2.46. The molecule has 0 spiro atoms. The zero-order valence-electron chi connectivity index (χ0n) is 10.7. The van der Waals surface area contributed by atoms with E-state index in [1.54, 1.807) is 18.5 Å².